The number of aromatic nitrogens is 2. The van der Waals surface area contributed by atoms with Crippen molar-refractivity contribution in [2.45, 2.75) is 32.8 Å². The highest BCUT2D eigenvalue weighted by molar-refractivity contribution is 5.79. The van der Waals surface area contributed by atoms with Gasteiger partial charge in [0.05, 0.1) is 23.7 Å². The van der Waals surface area contributed by atoms with E-state index in [4.69, 9.17) is 9.72 Å². The van der Waals surface area contributed by atoms with E-state index in [2.05, 4.69) is 46.8 Å². The molecule has 0 spiro atoms. The predicted molar refractivity (Wildman–Crippen MR) is 123 cm³/mol. The fraction of sp³-hybridized carbons (Fsp3) is 0.440. The average molecular weight is 421 g/mol. The number of hydrogen-bond acceptors (Lipinski definition) is 4. The summed E-state index contributed by atoms with van der Waals surface area (Å²) < 4.78 is 8.00. The van der Waals surface area contributed by atoms with Crippen LogP contribution in [0.2, 0.25) is 0 Å². The number of morpholine rings is 1. The number of ether oxygens (including phenoxy) is 1. The van der Waals surface area contributed by atoms with Gasteiger partial charge < -0.3 is 10.1 Å². The van der Waals surface area contributed by atoms with E-state index in [1.165, 1.54) is 0 Å². The molecule has 1 aromatic heterocycles. The first kappa shape index (κ1) is 21.5. The van der Waals surface area contributed by atoms with Gasteiger partial charge in [0.2, 0.25) is 5.91 Å². The molecule has 1 aliphatic rings. The molecule has 1 N–H and O–H groups in total. The Kier molecular flexibility index (Phi) is 6.99. The summed E-state index contributed by atoms with van der Waals surface area (Å²) in [7, 11) is 0. The van der Waals surface area contributed by atoms with Crippen molar-refractivity contribution in [2.75, 3.05) is 32.8 Å². The second-order valence-corrected chi connectivity index (χ2v) is 8.64. The molecule has 0 bridgehead atoms. The molecule has 31 heavy (non-hydrogen) atoms. The second kappa shape index (κ2) is 10.1. The summed E-state index contributed by atoms with van der Waals surface area (Å²) in [6.07, 6.45) is 1.05. The molecule has 6 nitrogen and oxygen atoms in total. The molecule has 2 heterocycles. The van der Waals surface area contributed by atoms with Gasteiger partial charge in [-0.1, -0.05) is 44.2 Å². The van der Waals surface area contributed by atoms with Gasteiger partial charge in [-0.2, -0.15) is 0 Å². The molecule has 1 aliphatic heterocycles. The monoisotopic (exact) mass is 420 g/mol. The molecule has 0 aliphatic carbocycles. The van der Waals surface area contributed by atoms with Crippen LogP contribution in [0.25, 0.3) is 16.7 Å². The molecule has 0 saturated carbocycles. The molecule has 1 amide bonds. The van der Waals surface area contributed by atoms with Gasteiger partial charge in [-0.3, -0.25) is 14.3 Å². The third-order valence-electron chi connectivity index (χ3n) is 5.59. The number of fused-ring (bicyclic) bond motifs is 1. The Hall–Kier alpha value is -2.70. The Bertz CT molecular complexity index is 999. The van der Waals surface area contributed by atoms with Crippen molar-refractivity contribution in [3.8, 4) is 5.69 Å². The molecule has 1 unspecified atom stereocenters. The van der Waals surface area contributed by atoms with Crippen LogP contribution < -0.4 is 5.32 Å². The quantitative estimate of drug-likeness (QED) is 0.607. The second-order valence-electron chi connectivity index (χ2n) is 8.64. The molecule has 1 fully saturated rings. The zero-order valence-corrected chi connectivity index (χ0v) is 18.5. The summed E-state index contributed by atoms with van der Waals surface area (Å²) in [5.41, 5.74) is 3.07. The number of amides is 1. The topological polar surface area (TPSA) is 59.4 Å². The van der Waals surface area contributed by atoms with Crippen LogP contribution in [0.1, 0.15) is 26.1 Å². The van der Waals surface area contributed by atoms with E-state index in [1.54, 1.807) is 0 Å². The first-order chi connectivity index (χ1) is 15.1. The third kappa shape index (κ3) is 5.51. The molecular weight excluding hydrogens is 388 g/mol. The van der Waals surface area contributed by atoms with Crippen molar-refractivity contribution in [3.05, 3.63) is 60.4 Å². The van der Waals surface area contributed by atoms with Gasteiger partial charge in [0.25, 0.3) is 0 Å². The maximum atomic E-state index is 12.6. The highest BCUT2D eigenvalue weighted by Gasteiger charge is 2.21. The van der Waals surface area contributed by atoms with Gasteiger partial charge in [-0.05, 0) is 30.2 Å². The van der Waals surface area contributed by atoms with Crippen molar-refractivity contribution >= 4 is 16.9 Å². The maximum absolute atomic E-state index is 12.6. The molecule has 2 aromatic carbocycles. The number of aryl methyl sites for hydroxylation is 1. The summed E-state index contributed by atoms with van der Waals surface area (Å²) >= 11 is 0. The summed E-state index contributed by atoms with van der Waals surface area (Å²) in [4.78, 5) is 19.8. The Morgan fingerprint density at radius 2 is 1.94 bits per heavy atom. The van der Waals surface area contributed by atoms with E-state index in [9.17, 15) is 4.79 Å². The lowest BCUT2D eigenvalue weighted by molar-refractivity contribution is -0.122. The lowest BCUT2D eigenvalue weighted by Gasteiger charge is -2.33. The number of imidazole rings is 1. The molecular formula is C25H32N4O2. The number of carbonyl (C=O) groups is 1. The SMILES string of the molecule is CC(C)CN1CCOC(CNC(=O)CCc2nc3ccccc3n2-c2ccccc2)C1. The number of benzene rings is 2. The Morgan fingerprint density at radius 3 is 2.74 bits per heavy atom. The summed E-state index contributed by atoms with van der Waals surface area (Å²) in [5, 5.41) is 3.06. The average Bonchev–Trinajstić information content (AvgIpc) is 3.15. The number of carbonyl (C=O) groups excluding carboxylic acids is 1. The largest absolute Gasteiger partial charge is 0.374 e. The summed E-state index contributed by atoms with van der Waals surface area (Å²) in [5.74, 6) is 1.58. The first-order valence-electron chi connectivity index (χ1n) is 11.2. The van der Waals surface area contributed by atoms with Crippen LogP contribution in [0.4, 0.5) is 0 Å². The molecule has 6 heteroatoms. The van der Waals surface area contributed by atoms with Crippen LogP contribution in [-0.4, -0.2) is 59.2 Å². The Morgan fingerprint density at radius 1 is 1.16 bits per heavy atom. The van der Waals surface area contributed by atoms with Crippen LogP contribution in [0.15, 0.2) is 54.6 Å². The Balaban J connectivity index is 1.37. The highest BCUT2D eigenvalue weighted by atomic mass is 16.5. The van der Waals surface area contributed by atoms with Crippen LogP contribution >= 0.6 is 0 Å². The van der Waals surface area contributed by atoms with Gasteiger partial charge in [0.15, 0.2) is 0 Å². The van der Waals surface area contributed by atoms with E-state index in [1.807, 2.05) is 36.4 Å². The fourth-order valence-electron chi connectivity index (χ4n) is 4.24. The lowest BCUT2D eigenvalue weighted by atomic mass is 10.2. The summed E-state index contributed by atoms with van der Waals surface area (Å²) in [6.45, 7) is 8.67. The van der Waals surface area contributed by atoms with E-state index in [0.29, 0.717) is 25.3 Å². The predicted octanol–water partition coefficient (Wildman–Crippen LogP) is 3.43. The van der Waals surface area contributed by atoms with Crippen LogP contribution in [-0.2, 0) is 16.0 Å². The van der Waals surface area contributed by atoms with Gasteiger partial charge >= 0.3 is 0 Å². The minimum absolute atomic E-state index is 0.0382. The normalized spacial score (nSPS) is 17.3. The minimum Gasteiger partial charge on any atom is -0.374 e. The highest BCUT2D eigenvalue weighted by Crippen LogP contribution is 2.22. The molecule has 1 atom stereocenters. The number of nitrogens with one attached hydrogen (secondary N) is 1. The third-order valence-corrected chi connectivity index (χ3v) is 5.59. The van der Waals surface area contributed by atoms with Crippen LogP contribution in [0, 0.1) is 5.92 Å². The number of rotatable bonds is 8. The lowest BCUT2D eigenvalue weighted by Crippen LogP contribution is -2.48. The molecule has 164 valence electrons. The zero-order chi connectivity index (χ0) is 21.6. The van der Waals surface area contributed by atoms with Gasteiger partial charge in [-0.25, -0.2) is 4.98 Å². The van der Waals surface area contributed by atoms with E-state index >= 15 is 0 Å². The molecule has 1 saturated heterocycles. The zero-order valence-electron chi connectivity index (χ0n) is 18.5. The van der Waals surface area contributed by atoms with Gasteiger partial charge in [-0.15, -0.1) is 0 Å². The standard InChI is InChI=1S/C25H32N4O2/c1-19(2)17-28-14-15-31-21(18-28)16-26-25(30)13-12-24-27-22-10-6-7-11-23(22)29(24)20-8-4-3-5-9-20/h3-11,19,21H,12-18H2,1-2H3,(H,26,30). The van der Waals surface area contributed by atoms with Crippen molar-refractivity contribution in [1.82, 2.24) is 19.8 Å². The van der Waals surface area contributed by atoms with Crippen LogP contribution in [0.3, 0.4) is 0 Å². The molecule has 3 aromatic rings. The van der Waals surface area contributed by atoms with Gasteiger partial charge in [0.1, 0.15) is 5.82 Å². The smallest absolute Gasteiger partial charge is 0.220 e. The summed E-state index contributed by atoms with van der Waals surface area (Å²) in [6, 6.07) is 18.3. The first-order valence-corrected chi connectivity index (χ1v) is 11.2. The van der Waals surface area contributed by atoms with Crippen LogP contribution in [0.5, 0.6) is 0 Å². The van der Waals surface area contributed by atoms with Crippen molar-refractivity contribution in [3.63, 3.8) is 0 Å². The minimum atomic E-state index is 0.0382. The van der Waals surface area contributed by atoms with Gasteiger partial charge in [0, 0.05) is 44.7 Å². The van der Waals surface area contributed by atoms with Crippen molar-refractivity contribution < 1.29 is 9.53 Å². The van der Waals surface area contributed by atoms with E-state index in [0.717, 1.165) is 48.8 Å². The van der Waals surface area contributed by atoms with E-state index in [-0.39, 0.29) is 12.0 Å². The van der Waals surface area contributed by atoms with E-state index < -0.39 is 0 Å². The van der Waals surface area contributed by atoms with Crippen molar-refractivity contribution in [2.24, 2.45) is 5.92 Å². The number of para-hydroxylation sites is 3. The maximum Gasteiger partial charge on any atom is 0.220 e. The fourth-order valence-corrected chi connectivity index (χ4v) is 4.24. The van der Waals surface area contributed by atoms with Crippen molar-refractivity contribution in [1.29, 1.82) is 0 Å². The molecule has 4 rings (SSSR count). The number of nitrogens with zero attached hydrogens (tertiary/aromatic N) is 3. The molecule has 0 radical (unpaired) electrons. The number of hydrogen-bond donors (Lipinski definition) is 1. The Labute approximate surface area is 184 Å².